The molecule has 0 unspecified atom stereocenters. The molecule has 1 aromatic heterocycles. The van der Waals surface area contributed by atoms with Gasteiger partial charge in [0.1, 0.15) is 5.69 Å². The molecule has 0 bridgehead atoms. The number of nitrogens with zero attached hydrogens (tertiary/aromatic N) is 1. The number of hydrogen-bond acceptors (Lipinski definition) is 3. The zero-order chi connectivity index (χ0) is 9.14. The number of rotatable bonds is 2. The number of halogens is 2. The van der Waals surface area contributed by atoms with Gasteiger partial charge in [-0.15, -0.1) is 0 Å². The maximum absolute atomic E-state index is 11.9. The molecule has 3 nitrogen and oxygen atoms in total. The molecule has 1 aromatic rings. The Balaban J connectivity index is 2.86. The van der Waals surface area contributed by atoms with Crippen molar-refractivity contribution in [1.82, 2.24) is 4.98 Å². The van der Waals surface area contributed by atoms with Crippen molar-refractivity contribution in [3.8, 4) is 0 Å². The van der Waals surface area contributed by atoms with E-state index in [-0.39, 0.29) is 11.2 Å². The van der Waals surface area contributed by atoms with Gasteiger partial charge in [-0.2, -0.15) is 0 Å². The Morgan fingerprint density at radius 3 is 2.33 bits per heavy atom. The fourth-order valence-corrected chi connectivity index (χ4v) is 0.699. The highest BCUT2D eigenvalue weighted by molar-refractivity contribution is 6.58. The third-order valence-corrected chi connectivity index (χ3v) is 1.33. The van der Waals surface area contributed by atoms with Crippen LogP contribution in [0.4, 0.5) is 8.78 Å². The molecule has 0 fully saturated rings. The van der Waals surface area contributed by atoms with Crippen molar-refractivity contribution in [2.45, 2.75) is 6.43 Å². The summed E-state index contributed by atoms with van der Waals surface area (Å²) in [6.07, 6.45) is -1.62. The van der Waals surface area contributed by atoms with E-state index in [1.807, 2.05) is 0 Å². The van der Waals surface area contributed by atoms with E-state index in [1.165, 1.54) is 6.07 Å². The van der Waals surface area contributed by atoms with E-state index in [0.29, 0.717) is 0 Å². The Hall–Kier alpha value is -1.01. The van der Waals surface area contributed by atoms with Gasteiger partial charge in [0.2, 0.25) is 0 Å². The number of aromatic nitrogens is 1. The average molecular weight is 173 g/mol. The smallest absolute Gasteiger partial charge is 0.423 e. The van der Waals surface area contributed by atoms with Gasteiger partial charge >= 0.3 is 7.12 Å². The van der Waals surface area contributed by atoms with Crippen LogP contribution in [-0.4, -0.2) is 22.2 Å². The zero-order valence-corrected chi connectivity index (χ0v) is 5.98. The first-order valence-electron chi connectivity index (χ1n) is 3.21. The molecule has 2 N–H and O–H groups in total. The lowest BCUT2D eigenvalue weighted by Gasteiger charge is -2.00. The maximum Gasteiger partial charge on any atom is 0.490 e. The molecule has 0 spiro atoms. The minimum atomic E-state index is -2.63. The Morgan fingerprint density at radius 1 is 1.33 bits per heavy atom. The molecule has 0 saturated carbocycles. The normalized spacial score (nSPS) is 10.4. The van der Waals surface area contributed by atoms with E-state index in [2.05, 4.69) is 4.98 Å². The first-order valence-corrected chi connectivity index (χ1v) is 3.21. The van der Waals surface area contributed by atoms with Gasteiger partial charge in [0.25, 0.3) is 6.43 Å². The monoisotopic (exact) mass is 173 g/mol. The van der Waals surface area contributed by atoms with Crippen LogP contribution in [0.2, 0.25) is 0 Å². The van der Waals surface area contributed by atoms with E-state index in [0.717, 1.165) is 12.3 Å². The first-order chi connectivity index (χ1) is 5.61. The molecular formula is C6H6BF2NO2. The fourth-order valence-electron chi connectivity index (χ4n) is 0.699. The Bertz CT molecular complexity index is 225. The molecule has 0 aliphatic carbocycles. The lowest BCUT2D eigenvalue weighted by atomic mass is 9.82. The molecule has 0 aliphatic heterocycles. The SMILES string of the molecule is OB(O)c1ccc(C(F)F)nc1. The van der Waals surface area contributed by atoms with E-state index >= 15 is 0 Å². The highest BCUT2D eigenvalue weighted by atomic mass is 19.3. The third kappa shape index (κ3) is 1.99. The van der Waals surface area contributed by atoms with Crippen LogP contribution in [0.15, 0.2) is 18.3 Å². The second-order valence-electron chi connectivity index (χ2n) is 2.19. The van der Waals surface area contributed by atoms with Crippen LogP contribution in [0, 0.1) is 0 Å². The van der Waals surface area contributed by atoms with Gasteiger partial charge in [0, 0.05) is 11.7 Å². The molecule has 6 heteroatoms. The molecule has 0 aliphatic rings. The quantitative estimate of drug-likeness (QED) is 0.603. The van der Waals surface area contributed by atoms with Gasteiger partial charge < -0.3 is 10.0 Å². The molecule has 0 amide bonds. The second-order valence-corrected chi connectivity index (χ2v) is 2.19. The summed E-state index contributed by atoms with van der Waals surface area (Å²) in [6, 6.07) is 2.25. The molecule has 12 heavy (non-hydrogen) atoms. The van der Waals surface area contributed by atoms with E-state index in [4.69, 9.17) is 10.0 Å². The summed E-state index contributed by atoms with van der Waals surface area (Å²) in [5, 5.41) is 17.2. The van der Waals surface area contributed by atoms with Gasteiger partial charge in [0.05, 0.1) is 0 Å². The highest BCUT2D eigenvalue weighted by Crippen LogP contribution is 2.13. The summed E-state index contributed by atoms with van der Waals surface area (Å²) in [7, 11) is -1.66. The van der Waals surface area contributed by atoms with Crippen molar-refractivity contribution in [2.75, 3.05) is 0 Å². The van der Waals surface area contributed by atoms with E-state index in [9.17, 15) is 8.78 Å². The Kier molecular flexibility index (Phi) is 2.72. The summed E-state index contributed by atoms with van der Waals surface area (Å²) in [4.78, 5) is 3.33. The van der Waals surface area contributed by atoms with Crippen molar-refractivity contribution >= 4 is 12.6 Å². The molecule has 0 saturated heterocycles. The maximum atomic E-state index is 11.9. The standard InChI is InChI=1S/C6H6BF2NO2/c8-6(9)5-2-1-4(3-10-5)7(11)12/h1-3,6,11-12H. The topological polar surface area (TPSA) is 53.4 Å². The van der Waals surface area contributed by atoms with Crippen LogP contribution in [0.5, 0.6) is 0 Å². The van der Waals surface area contributed by atoms with Crippen LogP contribution in [0.3, 0.4) is 0 Å². The minimum Gasteiger partial charge on any atom is -0.423 e. The highest BCUT2D eigenvalue weighted by Gasteiger charge is 2.13. The van der Waals surface area contributed by atoms with E-state index < -0.39 is 13.5 Å². The lowest BCUT2D eigenvalue weighted by molar-refractivity contribution is 0.146. The summed E-state index contributed by atoms with van der Waals surface area (Å²) in [5.41, 5.74) is -0.279. The Morgan fingerprint density at radius 2 is 2.00 bits per heavy atom. The van der Waals surface area contributed by atoms with Gasteiger partial charge in [-0.05, 0) is 6.07 Å². The van der Waals surface area contributed by atoms with Crippen molar-refractivity contribution in [1.29, 1.82) is 0 Å². The number of alkyl halides is 2. The summed E-state index contributed by atoms with van der Waals surface area (Å²) in [5.74, 6) is 0. The fraction of sp³-hybridized carbons (Fsp3) is 0.167. The molecule has 1 rings (SSSR count). The molecule has 0 radical (unpaired) electrons. The van der Waals surface area contributed by atoms with Crippen molar-refractivity contribution in [3.05, 3.63) is 24.0 Å². The van der Waals surface area contributed by atoms with Crippen LogP contribution in [0.1, 0.15) is 12.1 Å². The molecule has 1 heterocycles. The van der Waals surface area contributed by atoms with Gasteiger partial charge in [-0.1, -0.05) is 6.07 Å². The minimum absolute atomic E-state index is 0.0967. The predicted molar refractivity (Wildman–Crippen MR) is 39.0 cm³/mol. The van der Waals surface area contributed by atoms with Crippen LogP contribution < -0.4 is 5.46 Å². The lowest BCUT2D eigenvalue weighted by Crippen LogP contribution is -2.30. The van der Waals surface area contributed by atoms with Crippen LogP contribution >= 0.6 is 0 Å². The van der Waals surface area contributed by atoms with Crippen molar-refractivity contribution < 1.29 is 18.8 Å². The average Bonchev–Trinajstić information content (AvgIpc) is 2.04. The van der Waals surface area contributed by atoms with Crippen LogP contribution in [-0.2, 0) is 0 Å². The Labute approximate surface area is 67.8 Å². The van der Waals surface area contributed by atoms with Gasteiger partial charge in [0.15, 0.2) is 0 Å². The number of pyridine rings is 1. The number of hydrogen-bond donors (Lipinski definition) is 2. The largest absolute Gasteiger partial charge is 0.490 e. The van der Waals surface area contributed by atoms with Gasteiger partial charge in [-0.3, -0.25) is 4.98 Å². The van der Waals surface area contributed by atoms with Crippen molar-refractivity contribution in [2.24, 2.45) is 0 Å². The van der Waals surface area contributed by atoms with Crippen molar-refractivity contribution in [3.63, 3.8) is 0 Å². The van der Waals surface area contributed by atoms with Crippen LogP contribution in [0.25, 0.3) is 0 Å². The first kappa shape index (κ1) is 9.09. The second kappa shape index (κ2) is 3.60. The summed E-state index contributed by atoms with van der Waals surface area (Å²) >= 11 is 0. The molecule has 0 atom stereocenters. The molecule has 0 aromatic carbocycles. The third-order valence-electron chi connectivity index (χ3n) is 1.33. The predicted octanol–water partition coefficient (Wildman–Crippen LogP) is -0.301. The zero-order valence-electron chi connectivity index (χ0n) is 5.98. The molecular weight excluding hydrogens is 167 g/mol. The van der Waals surface area contributed by atoms with E-state index in [1.54, 1.807) is 0 Å². The summed E-state index contributed by atoms with van der Waals surface area (Å²) < 4.78 is 23.8. The summed E-state index contributed by atoms with van der Waals surface area (Å²) in [6.45, 7) is 0. The molecule has 64 valence electrons. The van der Waals surface area contributed by atoms with Gasteiger partial charge in [-0.25, -0.2) is 8.78 Å².